The fraction of sp³-hybridized carbons (Fsp3) is 0.318. The van der Waals surface area contributed by atoms with Crippen molar-refractivity contribution >= 4 is 23.2 Å². The number of hydrogen-bond donors (Lipinski definition) is 3. The Morgan fingerprint density at radius 3 is 2.68 bits per heavy atom. The molecule has 0 spiro atoms. The fourth-order valence-electron chi connectivity index (χ4n) is 3.41. The van der Waals surface area contributed by atoms with Crippen molar-refractivity contribution in [3.63, 3.8) is 0 Å². The number of para-hydroxylation sites is 1. The number of amides is 2. The molecule has 3 N–H and O–H groups in total. The Balaban J connectivity index is 1.60. The molecule has 0 saturated carbocycles. The van der Waals surface area contributed by atoms with Crippen molar-refractivity contribution in [1.82, 2.24) is 5.43 Å². The van der Waals surface area contributed by atoms with Crippen LogP contribution in [0.15, 0.2) is 41.5 Å². The summed E-state index contributed by atoms with van der Waals surface area (Å²) in [6.45, 7) is 3.39. The van der Waals surface area contributed by atoms with Crippen LogP contribution in [-0.4, -0.2) is 22.6 Å². The van der Waals surface area contributed by atoms with Gasteiger partial charge in [-0.15, -0.1) is 0 Å². The molecule has 1 aliphatic carbocycles. The topological polar surface area (TPSA) is 90.8 Å². The summed E-state index contributed by atoms with van der Waals surface area (Å²) in [4.78, 5) is 24.6. The quantitative estimate of drug-likeness (QED) is 0.546. The molecule has 146 valence electrons. The molecule has 6 nitrogen and oxygen atoms in total. The Morgan fingerprint density at radius 1 is 1.11 bits per heavy atom. The maximum absolute atomic E-state index is 12.4. The molecule has 0 fully saturated rings. The molecule has 0 saturated heterocycles. The van der Waals surface area contributed by atoms with Crippen LogP contribution >= 0.6 is 0 Å². The first kappa shape index (κ1) is 19.6. The first-order valence-corrected chi connectivity index (χ1v) is 9.48. The average molecular weight is 379 g/mol. The van der Waals surface area contributed by atoms with Crippen LogP contribution in [0.1, 0.15) is 53.2 Å². The fourth-order valence-corrected chi connectivity index (χ4v) is 3.41. The number of anilines is 1. The second-order valence-electron chi connectivity index (χ2n) is 7.13. The molecule has 0 bridgehead atoms. The van der Waals surface area contributed by atoms with E-state index in [1.807, 2.05) is 12.1 Å². The third kappa shape index (κ3) is 4.57. The number of carbonyl (C=O) groups is 2. The molecule has 1 aliphatic rings. The third-order valence-corrected chi connectivity index (χ3v) is 4.92. The molecule has 0 unspecified atom stereocenters. The Morgan fingerprint density at radius 2 is 1.86 bits per heavy atom. The lowest BCUT2D eigenvalue weighted by molar-refractivity contribution is -0.115. The summed E-state index contributed by atoms with van der Waals surface area (Å²) in [5.74, 6) is -0.759. The molecule has 0 heterocycles. The minimum Gasteiger partial charge on any atom is -0.507 e. The van der Waals surface area contributed by atoms with E-state index in [0.29, 0.717) is 11.3 Å². The zero-order valence-electron chi connectivity index (χ0n) is 16.2. The van der Waals surface area contributed by atoms with Crippen molar-refractivity contribution in [2.24, 2.45) is 5.10 Å². The molecule has 2 aromatic carbocycles. The summed E-state index contributed by atoms with van der Waals surface area (Å²) in [5.41, 5.74) is 7.02. The van der Waals surface area contributed by atoms with E-state index < -0.39 is 5.91 Å². The molecule has 0 radical (unpaired) electrons. The van der Waals surface area contributed by atoms with Crippen molar-refractivity contribution in [1.29, 1.82) is 0 Å². The van der Waals surface area contributed by atoms with E-state index in [0.717, 1.165) is 24.9 Å². The summed E-state index contributed by atoms with van der Waals surface area (Å²) in [5, 5.41) is 16.9. The van der Waals surface area contributed by atoms with Crippen LogP contribution in [-0.2, 0) is 17.6 Å². The first-order valence-electron chi connectivity index (χ1n) is 9.48. The Kier molecular flexibility index (Phi) is 6.09. The van der Waals surface area contributed by atoms with Gasteiger partial charge in [-0.05, 0) is 68.4 Å². The number of fused-ring (bicyclic) bond motifs is 1. The number of hydrogen-bond acceptors (Lipinski definition) is 4. The van der Waals surface area contributed by atoms with Crippen molar-refractivity contribution in [2.75, 3.05) is 5.32 Å². The molecule has 3 rings (SSSR count). The van der Waals surface area contributed by atoms with Gasteiger partial charge in [0, 0.05) is 11.4 Å². The SMILES string of the molecule is CC(CC(=O)Nc1cccc2c1CCCC2)=NNC(=O)c1cccc(C)c1O. The smallest absolute Gasteiger partial charge is 0.275 e. The largest absolute Gasteiger partial charge is 0.507 e. The lowest BCUT2D eigenvalue weighted by Gasteiger charge is -2.19. The van der Waals surface area contributed by atoms with Gasteiger partial charge < -0.3 is 10.4 Å². The minimum atomic E-state index is -0.516. The van der Waals surface area contributed by atoms with Crippen LogP contribution in [0.25, 0.3) is 0 Å². The normalized spacial score (nSPS) is 13.6. The first-order chi connectivity index (χ1) is 13.5. The highest BCUT2D eigenvalue weighted by Gasteiger charge is 2.15. The van der Waals surface area contributed by atoms with Crippen LogP contribution in [0.3, 0.4) is 0 Å². The van der Waals surface area contributed by atoms with Crippen LogP contribution in [0.4, 0.5) is 5.69 Å². The molecule has 2 amide bonds. The molecule has 0 atom stereocenters. The second-order valence-corrected chi connectivity index (χ2v) is 7.13. The molecule has 28 heavy (non-hydrogen) atoms. The summed E-state index contributed by atoms with van der Waals surface area (Å²) >= 11 is 0. The standard InChI is InChI=1S/C22H25N3O3/c1-14-7-5-11-18(21(14)27)22(28)25-24-15(2)13-20(26)23-19-12-6-9-16-8-3-4-10-17(16)19/h5-7,9,11-12,27H,3-4,8,10,13H2,1-2H3,(H,23,26)(H,25,28). The monoisotopic (exact) mass is 379 g/mol. The van der Waals surface area contributed by atoms with Gasteiger partial charge in [-0.3, -0.25) is 9.59 Å². The third-order valence-electron chi connectivity index (χ3n) is 4.92. The number of rotatable bonds is 5. The van der Waals surface area contributed by atoms with Gasteiger partial charge in [0.05, 0.1) is 12.0 Å². The number of aromatic hydroxyl groups is 1. The summed E-state index contributed by atoms with van der Waals surface area (Å²) in [7, 11) is 0. The highest BCUT2D eigenvalue weighted by atomic mass is 16.3. The highest BCUT2D eigenvalue weighted by molar-refractivity contribution is 6.06. The summed E-state index contributed by atoms with van der Waals surface area (Å²) in [6.07, 6.45) is 4.43. The molecule has 0 aromatic heterocycles. The van der Waals surface area contributed by atoms with E-state index in [1.165, 1.54) is 23.6 Å². The van der Waals surface area contributed by atoms with Crippen molar-refractivity contribution in [3.05, 3.63) is 58.7 Å². The molecule has 6 heteroatoms. The highest BCUT2D eigenvalue weighted by Crippen LogP contribution is 2.28. The van der Waals surface area contributed by atoms with Gasteiger partial charge in [0.25, 0.3) is 5.91 Å². The van der Waals surface area contributed by atoms with E-state index in [1.54, 1.807) is 26.0 Å². The van der Waals surface area contributed by atoms with E-state index >= 15 is 0 Å². The summed E-state index contributed by atoms with van der Waals surface area (Å²) in [6, 6.07) is 10.9. The van der Waals surface area contributed by atoms with E-state index in [-0.39, 0.29) is 23.6 Å². The number of nitrogens with zero attached hydrogens (tertiary/aromatic N) is 1. The maximum atomic E-state index is 12.4. The number of aryl methyl sites for hydroxylation is 2. The summed E-state index contributed by atoms with van der Waals surface area (Å²) < 4.78 is 0. The number of benzene rings is 2. The lowest BCUT2D eigenvalue weighted by atomic mass is 9.90. The number of phenols is 1. The number of hydrazone groups is 1. The van der Waals surface area contributed by atoms with E-state index in [2.05, 4.69) is 21.9 Å². The van der Waals surface area contributed by atoms with Crippen molar-refractivity contribution in [2.45, 2.75) is 46.0 Å². The van der Waals surface area contributed by atoms with E-state index in [9.17, 15) is 14.7 Å². The Labute approximate surface area is 164 Å². The van der Waals surface area contributed by atoms with Crippen LogP contribution < -0.4 is 10.7 Å². The van der Waals surface area contributed by atoms with E-state index in [4.69, 9.17) is 0 Å². The van der Waals surface area contributed by atoms with Crippen molar-refractivity contribution < 1.29 is 14.7 Å². The van der Waals surface area contributed by atoms with Gasteiger partial charge in [-0.25, -0.2) is 5.43 Å². The zero-order valence-corrected chi connectivity index (χ0v) is 16.2. The van der Waals surface area contributed by atoms with Gasteiger partial charge >= 0.3 is 0 Å². The second kappa shape index (κ2) is 8.69. The number of carbonyl (C=O) groups excluding carboxylic acids is 2. The maximum Gasteiger partial charge on any atom is 0.275 e. The van der Waals surface area contributed by atoms with Gasteiger partial charge in [0.1, 0.15) is 5.75 Å². The molecular weight excluding hydrogens is 354 g/mol. The van der Waals surface area contributed by atoms with Crippen molar-refractivity contribution in [3.8, 4) is 5.75 Å². The van der Waals surface area contributed by atoms with Crippen LogP contribution in [0.5, 0.6) is 5.75 Å². The number of phenolic OH excluding ortho intramolecular Hbond substituents is 1. The lowest BCUT2D eigenvalue weighted by Crippen LogP contribution is -2.22. The van der Waals surface area contributed by atoms with Gasteiger partial charge in [-0.2, -0.15) is 5.10 Å². The Hall–Kier alpha value is -3.15. The predicted octanol–water partition coefficient (Wildman–Crippen LogP) is 3.71. The van der Waals surface area contributed by atoms with Crippen LogP contribution in [0, 0.1) is 6.92 Å². The van der Waals surface area contributed by atoms with Crippen LogP contribution in [0.2, 0.25) is 0 Å². The average Bonchev–Trinajstić information content (AvgIpc) is 2.68. The zero-order chi connectivity index (χ0) is 20.1. The minimum absolute atomic E-state index is 0.0700. The Bertz CT molecular complexity index is 935. The molecule has 0 aliphatic heterocycles. The molecular formula is C22H25N3O3. The van der Waals surface area contributed by atoms with Gasteiger partial charge in [0.2, 0.25) is 5.91 Å². The van der Waals surface area contributed by atoms with Gasteiger partial charge in [0.15, 0.2) is 0 Å². The molecule has 2 aromatic rings. The predicted molar refractivity (Wildman–Crippen MR) is 110 cm³/mol. The number of nitrogens with one attached hydrogen (secondary N) is 2. The van der Waals surface area contributed by atoms with Gasteiger partial charge in [-0.1, -0.05) is 24.3 Å².